The molecule has 0 aliphatic carbocycles. The second-order valence-corrected chi connectivity index (χ2v) is 5.41. The van der Waals surface area contributed by atoms with Gasteiger partial charge in [0.1, 0.15) is 5.75 Å². The van der Waals surface area contributed by atoms with E-state index in [4.69, 9.17) is 10.4 Å². The van der Waals surface area contributed by atoms with Gasteiger partial charge in [-0.15, -0.1) is 0 Å². The number of nitrogens with zero attached hydrogens (tertiary/aromatic N) is 2. The summed E-state index contributed by atoms with van der Waals surface area (Å²) in [6.07, 6.45) is 0. The molecule has 0 spiro atoms. The minimum absolute atomic E-state index is 0.131. The summed E-state index contributed by atoms with van der Waals surface area (Å²) in [4.78, 5) is 0. The van der Waals surface area contributed by atoms with Gasteiger partial charge < -0.3 is 5.11 Å². The molecule has 1 N–H and O–H groups in total. The Morgan fingerprint density at radius 1 is 1.38 bits per heavy atom. The van der Waals surface area contributed by atoms with Gasteiger partial charge in [-0.1, -0.05) is 12.1 Å². The summed E-state index contributed by atoms with van der Waals surface area (Å²) >= 11 is 0. The first-order chi connectivity index (χ1) is 7.45. The van der Waals surface area contributed by atoms with E-state index in [1.807, 2.05) is 0 Å². The van der Waals surface area contributed by atoms with E-state index >= 15 is 0 Å². The van der Waals surface area contributed by atoms with Gasteiger partial charge in [0.15, 0.2) is 5.75 Å². The van der Waals surface area contributed by atoms with E-state index in [1.165, 1.54) is 19.2 Å². The van der Waals surface area contributed by atoms with Crippen molar-refractivity contribution in [1.82, 2.24) is 4.31 Å². The molecule has 0 amide bonds. The van der Waals surface area contributed by atoms with Crippen LogP contribution in [0.5, 0.6) is 5.75 Å². The van der Waals surface area contributed by atoms with Gasteiger partial charge in [-0.3, -0.25) is 0 Å². The Morgan fingerprint density at radius 2 is 1.94 bits per heavy atom. The lowest BCUT2D eigenvalue weighted by Crippen LogP contribution is -2.28. The molecule has 0 aliphatic rings. The Labute approximate surface area is 94.6 Å². The number of nitriles is 1. The third-order valence-corrected chi connectivity index (χ3v) is 3.64. The van der Waals surface area contributed by atoms with Crippen molar-refractivity contribution in [3.63, 3.8) is 0 Å². The third-order valence-electron chi connectivity index (χ3n) is 2.06. The Morgan fingerprint density at radius 3 is 2.44 bits per heavy atom. The summed E-state index contributed by atoms with van der Waals surface area (Å²) < 4.78 is 24.0. The highest BCUT2D eigenvalue weighted by molar-refractivity contribution is 7.89. The number of phenolic OH excluding ortho intramolecular Hbond substituents is 1. The van der Waals surface area contributed by atoms with E-state index in [0.29, 0.717) is 0 Å². The van der Waals surface area contributed by atoms with Crippen molar-refractivity contribution in [3.8, 4) is 11.8 Å². The Balaban J connectivity index is 2.76. The van der Waals surface area contributed by atoms with Crippen LogP contribution in [0.15, 0.2) is 24.3 Å². The maximum Gasteiger partial charge on any atom is 0.227 e. The summed E-state index contributed by atoms with van der Waals surface area (Å²) in [7, 11) is -2.09. The van der Waals surface area contributed by atoms with Gasteiger partial charge in [0.2, 0.25) is 10.0 Å². The summed E-state index contributed by atoms with van der Waals surface area (Å²) in [5.41, 5.74) is 0.752. The van der Waals surface area contributed by atoms with E-state index in [1.54, 1.807) is 18.2 Å². The lowest BCUT2D eigenvalue weighted by molar-refractivity contribution is 0.466. The molecule has 5 nitrogen and oxygen atoms in total. The zero-order valence-corrected chi connectivity index (χ0v) is 9.61. The minimum Gasteiger partial charge on any atom is -0.508 e. The van der Waals surface area contributed by atoms with Crippen LogP contribution in [0.4, 0.5) is 0 Å². The highest BCUT2D eigenvalue weighted by Gasteiger charge is 2.17. The molecule has 0 fully saturated rings. The average molecular weight is 240 g/mol. The summed E-state index contributed by atoms with van der Waals surface area (Å²) in [5.74, 6) is -0.395. The zero-order chi connectivity index (χ0) is 12.2. The molecule has 1 aromatic rings. The summed E-state index contributed by atoms with van der Waals surface area (Å²) in [6.45, 7) is 0.185. The van der Waals surface area contributed by atoms with Crippen LogP contribution in [0.2, 0.25) is 0 Å². The molecule has 0 unspecified atom stereocenters. The molecule has 0 radical (unpaired) electrons. The molecule has 0 aromatic heterocycles. The van der Waals surface area contributed by atoms with E-state index < -0.39 is 15.8 Å². The topological polar surface area (TPSA) is 81.4 Å². The van der Waals surface area contributed by atoms with Crippen LogP contribution in [0.25, 0.3) is 0 Å². The maximum absolute atomic E-state index is 11.5. The van der Waals surface area contributed by atoms with Gasteiger partial charge in [0, 0.05) is 13.6 Å². The second kappa shape index (κ2) is 4.96. The number of aromatic hydroxyl groups is 1. The Kier molecular flexibility index (Phi) is 3.88. The van der Waals surface area contributed by atoms with Crippen LogP contribution in [0, 0.1) is 11.3 Å². The van der Waals surface area contributed by atoms with Crippen molar-refractivity contribution >= 4 is 10.0 Å². The van der Waals surface area contributed by atoms with E-state index in [0.717, 1.165) is 9.87 Å². The van der Waals surface area contributed by atoms with Crippen molar-refractivity contribution in [2.45, 2.75) is 6.54 Å². The maximum atomic E-state index is 11.5. The van der Waals surface area contributed by atoms with Crippen molar-refractivity contribution in [3.05, 3.63) is 29.8 Å². The SMILES string of the molecule is CN(Cc1ccc(O)cc1)S(=O)(=O)CC#N. The Bertz CT molecular complexity index is 488. The highest BCUT2D eigenvalue weighted by Crippen LogP contribution is 2.12. The van der Waals surface area contributed by atoms with Crippen molar-refractivity contribution in [1.29, 1.82) is 5.26 Å². The minimum atomic E-state index is -3.51. The highest BCUT2D eigenvalue weighted by atomic mass is 32.2. The predicted molar refractivity (Wildman–Crippen MR) is 59.0 cm³/mol. The van der Waals surface area contributed by atoms with Gasteiger partial charge in [-0.05, 0) is 17.7 Å². The fourth-order valence-corrected chi connectivity index (χ4v) is 1.88. The largest absolute Gasteiger partial charge is 0.508 e. The zero-order valence-electron chi connectivity index (χ0n) is 8.79. The molecule has 6 heteroatoms. The second-order valence-electron chi connectivity index (χ2n) is 3.34. The standard InChI is InChI=1S/C10H12N2O3S/c1-12(16(14,15)7-6-11)8-9-2-4-10(13)5-3-9/h2-5,13H,7-8H2,1H3. The van der Waals surface area contributed by atoms with Crippen molar-refractivity contribution in [2.24, 2.45) is 0 Å². The van der Waals surface area contributed by atoms with Gasteiger partial charge in [-0.2, -0.15) is 9.57 Å². The first kappa shape index (κ1) is 12.5. The monoisotopic (exact) mass is 240 g/mol. The van der Waals surface area contributed by atoms with E-state index in [9.17, 15) is 8.42 Å². The van der Waals surface area contributed by atoms with Crippen LogP contribution in [-0.2, 0) is 16.6 Å². The first-order valence-electron chi connectivity index (χ1n) is 4.54. The van der Waals surface area contributed by atoms with E-state index in [-0.39, 0.29) is 12.3 Å². The third kappa shape index (κ3) is 3.22. The lowest BCUT2D eigenvalue weighted by atomic mass is 10.2. The van der Waals surface area contributed by atoms with Gasteiger partial charge in [0.25, 0.3) is 0 Å². The van der Waals surface area contributed by atoms with Gasteiger partial charge in [-0.25, -0.2) is 8.42 Å². The van der Waals surface area contributed by atoms with Crippen LogP contribution in [-0.4, -0.2) is 30.6 Å². The molecule has 1 aromatic carbocycles. The number of benzene rings is 1. The lowest BCUT2D eigenvalue weighted by Gasteiger charge is -2.15. The summed E-state index contributed by atoms with van der Waals surface area (Å²) in [6, 6.07) is 7.85. The summed E-state index contributed by atoms with van der Waals surface area (Å²) in [5, 5.41) is 17.4. The van der Waals surface area contributed by atoms with Crippen LogP contribution in [0.3, 0.4) is 0 Å². The fraction of sp³-hybridized carbons (Fsp3) is 0.300. The van der Waals surface area contributed by atoms with E-state index in [2.05, 4.69) is 0 Å². The quantitative estimate of drug-likeness (QED) is 0.839. The van der Waals surface area contributed by atoms with Gasteiger partial charge in [0.05, 0.1) is 6.07 Å². The molecule has 16 heavy (non-hydrogen) atoms. The molecule has 86 valence electrons. The van der Waals surface area contributed by atoms with Crippen LogP contribution in [0.1, 0.15) is 5.56 Å². The number of rotatable bonds is 4. The van der Waals surface area contributed by atoms with Crippen LogP contribution < -0.4 is 0 Å². The average Bonchev–Trinajstić information content (AvgIpc) is 2.21. The normalized spacial score (nSPS) is 11.3. The first-order valence-corrected chi connectivity index (χ1v) is 6.15. The predicted octanol–water partition coefficient (Wildman–Crippen LogP) is 0.677. The van der Waals surface area contributed by atoms with Crippen LogP contribution >= 0.6 is 0 Å². The van der Waals surface area contributed by atoms with Crippen molar-refractivity contribution < 1.29 is 13.5 Å². The molecule has 0 aliphatic heterocycles. The Hall–Kier alpha value is -1.58. The molecular formula is C10H12N2O3S. The fourth-order valence-electron chi connectivity index (χ4n) is 1.15. The molecule has 0 saturated heterocycles. The molecule has 0 saturated carbocycles. The number of hydrogen-bond acceptors (Lipinski definition) is 4. The molecule has 0 atom stereocenters. The number of phenols is 1. The molecule has 0 heterocycles. The smallest absolute Gasteiger partial charge is 0.227 e. The van der Waals surface area contributed by atoms with Crippen molar-refractivity contribution in [2.75, 3.05) is 12.8 Å². The molecule has 1 rings (SSSR count). The number of sulfonamides is 1. The van der Waals surface area contributed by atoms with Gasteiger partial charge >= 0.3 is 0 Å². The molecule has 0 bridgehead atoms. The number of hydrogen-bond donors (Lipinski definition) is 1. The molecular weight excluding hydrogens is 228 g/mol.